The van der Waals surface area contributed by atoms with Gasteiger partial charge in [0, 0.05) is 6.42 Å². The molecule has 0 radical (unpaired) electrons. The van der Waals surface area contributed by atoms with Gasteiger partial charge in [-0.15, -0.1) is 0 Å². The maximum atomic E-state index is 13.0. The first kappa shape index (κ1) is 54.9. The van der Waals surface area contributed by atoms with Crippen LogP contribution < -0.4 is 5.32 Å². The Hall–Kier alpha value is -2.11. The highest BCUT2D eigenvalue weighted by Gasteiger charge is 2.44. The van der Waals surface area contributed by atoms with Crippen LogP contribution in [0.1, 0.15) is 194 Å². The summed E-state index contributed by atoms with van der Waals surface area (Å²) in [5.41, 5.74) is 0. The van der Waals surface area contributed by atoms with Crippen molar-refractivity contribution in [2.45, 2.75) is 236 Å². The number of hydrogen-bond donors (Lipinski definition) is 6. The Balaban J connectivity index is 2.36. The van der Waals surface area contributed by atoms with E-state index in [-0.39, 0.29) is 12.5 Å². The molecule has 342 valence electrons. The summed E-state index contributed by atoms with van der Waals surface area (Å²) >= 11 is 0. The Morgan fingerprint density at radius 2 is 1.05 bits per heavy atom. The molecule has 1 saturated heterocycles. The smallest absolute Gasteiger partial charge is 0.220 e. The lowest BCUT2D eigenvalue weighted by Crippen LogP contribution is -2.60. The van der Waals surface area contributed by atoms with Crippen molar-refractivity contribution in [2.75, 3.05) is 13.2 Å². The third-order valence-electron chi connectivity index (χ3n) is 11.1. The molecule has 9 heteroatoms. The van der Waals surface area contributed by atoms with Gasteiger partial charge in [0.2, 0.25) is 5.91 Å². The molecular weight excluding hydrogens is 743 g/mol. The zero-order chi connectivity index (χ0) is 43.0. The minimum atomic E-state index is -1.57. The Bertz CT molecular complexity index is 1100. The Labute approximate surface area is 360 Å². The molecule has 0 aromatic heterocycles. The van der Waals surface area contributed by atoms with E-state index in [1.54, 1.807) is 6.08 Å². The molecule has 1 heterocycles. The largest absolute Gasteiger partial charge is 0.394 e. The molecule has 7 unspecified atom stereocenters. The molecular formula is C50H89NO8. The van der Waals surface area contributed by atoms with Crippen LogP contribution in [0.15, 0.2) is 60.8 Å². The summed E-state index contributed by atoms with van der Waals surface area (Å²) in [6, 6.07) is -0.814. The lowest BCUT2D eigenvalue weighted by atomic mass is 9.99. The van der Waals surface area contributed by atoms with E-state index in [2.05, 4.69) is 67.8 Å². The maximum Gasteiger partial charge on any atom is 0.220 e. The van der Waals surface area contributed by atoms with Crippen LogP contribution >= 0.6 is 0 Å². The van der Waals surface area contributed by atoms with Crippen molar-refractivity contribution in [3.63, 3.8) is 0 Å². The predicted molar refractivity (Wildman–Crippen MR) is 244 cm³/mol. The number of nitrogens with one attached hydrogen (secondary N) is 1. The fourth-order valence-corrected chi connectivity index (χ4v) is 7.26. The topological polar surface area (TPSA) is 149 Å². The van der Waals surface area contributed by atoms with Crippen molar-refractivity contribution in [3.05, 3.63) is 60.8 Å². The van der Waals surface area contributed by atoms with Gasteiger partial charge in [-0.3, -0.25) is 4.79 Å². The Morgan fingerprint density at radius 1 is 0.593 bits per heavy atom. The van der Waals surface area contributed by atoms with Gasteiger partial charge >= 0.3 is 0 Å². The van der Waals surface area contributed by atoms with Gasteiger partial charge < -0.3 is 40.3 Å². The standard InChI is InChI=1S/C50H89NO8/c1-3-5-7-9-11-13-15-17-19-21-22-24-26-28-30-32-34-36-38-40-46(54)51-43(42-58-50-49(57)48(56)47(55)45(41-52)59-50)44(53)39-37-35-33-31-29-27-25-23-20-18-16-14-12-10-8-6-4-2/h5,7,11,13,17,19,22,24,37,39,43-45,47-50,52-53,55-57H,3-4,6,8-10,12,14-16,18,20-21,23,25-36,38,40-42H2,1-2H3,(H,51,54)/b7-5-,13-11-,19-17-,24-22-,39-37+. The summed E-state index contributed by atoms with van der Waals surface area (Å²) in [5, 5.41) is 54.3. The van der Waals surface area contributed by atoms with E-state index in [0.717, 1.165) is 83.5 Å². The lowest BCUT2D eigenvalue weighted by molar-refractivity contribution is -0.302. The molecule has 6 N–H and O–H groups in total. The molecule has 1 amide bonds. The zero-order valence-corrected chi connectivity index (χ0v) is 37.5. The number of amides is 1. The van der Waals surface area contributed by atoms with E-state index in [1.807, 2.05) is 6.08 Å². The first-order valence-corrected chi connectivity index (χ1v) is 24.0. The van der Waals surface area contributed by atoms with Gasteiger partial charge in [0.15, 0.2) is 6.29 Å². The monoisotopic (exact) mass is 832 g/mol. The van der Waals surface area contributed by atoms with Gasteiger partial charge in [0.05, 0.1) is 25.4 Å². The summed E-state index contributed by atoms with van der Waals surface area (Å²) < 4.78 is 11.2. The number of rotatable bonds is 39. The van der Waals surface area contributed by atoms with Crippen LogP contribution in [-0.4, -0.2) is 87.5 Å². The van der Waals surface area contributed by atoms with Gasteiger partial charge in [0.1, 0.15) is 24.4 Å². The van der Waals surface area contributed by atoms with E-state index >= 15 is 0 Å². The molecule has 0 aromatic rings. The van der Waals surface area contributed by atoms with Gasteiger partial charge in [-0.1, -0.05) is 190 Å². The second-order valence-electron chi connectivity index (χ2n) is 16.5. The third-order valence-corrected chi connectivity index (χ3v) is 11.1. The van der Waals surface area contributed by atoms with Gasteiger partial charge in [-0.2, -0.15) is 0 Å². The zero-order valence-electron chi connectivity index (χ0n) is 37.5. The van der Waals surface area contributed by atoms with E-state index in [4.69, 9.17) is 9.47 Å². The average Bonchev–Trinajstić information content (AvgIpc) is 3.23. The number of aliphatic hydroxyl groups excluding tert-OH is 5. The first-order valence-electron chi connectivity index (χ1n) is 24.0. The van der Waals surface area contributed by atoms with Crippen LogP contribution in [0.25, 0.3) is 0 Å². The van der Waals surface area contributed by atoms with Gasteiger partial charge in [-0.25, -0.2) is 0 Å². The summed E-state index contributed by atoms with van der Waals surface area (Å²) in [5.74, 6) is -0.193. The molecule has 0 aliphatic carbocycles. The molecule has 0 saturated carbocycles. The number of carbonyl (C=O) groups is 1. The third kappa shape index (κ3) is 30.6. The SMILES string of the molecule is CC/C=C\C/C=C\C/C=C\C/C=C\CCCCCCCCC(=O)NC(COC1OC(CO)C(O)C(O)C1O)C(O)/C=C/CCCCCCCCCCCCCCCCC. The Kier molecular flexibility index (Phi) is 37.2. The fraction of sp³-hybridized carbons (Fsp3) is 0.780. The van der Waals surface area contributed by atoms with E-state index in [1.165, 1.54) is 89.9 Å². The van der Waals surface area contributed by atoms with Crippen LogP contribution in [0, 0.1) is 0 Å². The van der Waals surface area contributed by atoms with Crippen molar-refractivity contribution in [1.29, 1.82) is 0 Å². The molecule has 0 aromatic carbocycles. The van der Waals surface area contributed by atoms with Crippen LogP contribution in [-0.2, 0) is 14.3 Å². The number of aliphatic hydroxyl groups is 5. The van der Waals surface area contributed by atoms with Crippen LogP contribution in [0.2, 0.25) is 0 Å². The second kappa shape index (κ2) is 40.0. The fourth-order valence-electron chi connectivity index (χ4n) is 7.26. The van der Waals surface area contributed by atoms with Crippen LogP contribution in [0.3, 0.4) is 0 Å². The van der Waals surface area contributed by atoms with E-state index in [9.17, 15) is 30.3 Å². The molecule has 0 spiro atoms. The minimum Gasteiger partial charge on any atom is -0.394 e. The maximum absolute atomic E-state index is 13.0. The normalized spacial score (nSPS) is 21.2. The summed E-state index contributed by atoms with van der Waals surface area (Å²) in [7, 11) is 0. The average molecular weight is 832 g/mol. The Morgan fingerprint density at radius 3 is 1.56 bits per heavy atom. The predicted octanol–water partition coefficient (Wildman–Crippen LogP) is 10.4. The highest BCUT2D eigenvalue weighted by molar-refractivity contribution is 5.76. The van der Waals surface area contributed by atoms with Crippen molar-refractivity contribution < 1.29 is 39.8 Å². The van der Waals surface area contributed by atoms with Crippen molar-refractivity contribution in [3.8, 4) is 0 Å². The van der Waals surface area contributed by atoms with E-state index in [0.29, 0.717) is 6.42 Å². The molecule has 1 fully saturated rings. The number of hydrogen-bond acceptors (Lipinski definition) is 8. The molecule has 7 atom stereocenters. The molecule has 9 nitrogen and oxygen atoms in total. The lowest BCUT2D eigenvalue weighted by Gasteiger charge is -2.40. The summed E-state index contributed by atoms with van der Waals surface area (Å²) in [6.07, 6.45) is 45.4. The van der Waals surface area contributed by atoms with Crippen LogP contribution in [0.5, 0.6) is 0 Å². The quantitative estimate of drug-likeness (QED) is 0.0265. The number of ether oxygens (including phenoxy) is 2. The van der Waals surface area contributed by atoms with Gasteiger partial charge in [-0.05, 0) is 57.8 Å². The highest BCUT2D eigenvalue weighted by atomic mass is 16.7. The summed E-state index contributed by atoms with van der Waals surface area (Å²) in [4.78, 5) is 13.0. The second-order valence-corrected chi connectivity index (χ2v) is 16.5. The van der Waals surface area contributed by atoms with Crippen LogP contribution in [0.4, 0.5) is 0 Å². The molecule has 1 aliphatic rings. The van der Waals surface area contributed by atoms with Gasteiger partial charge in [0.25, 0.3) is 0 Å². The van der Waals surface area contributed by atoms with E-state index < -0.39 is 49.5 Å². The van der Waals surface area contributed by atoms with Crippen molar-refractivity contribution in [1.82, 2.24) is 5.32 Å². The molecule has 0 bridgehead atoms. The summed E-state index contributed by atoms with van der Waals surface area (Å²) in [6.45, 7) is 3.65. The van der Waals surface area contributed by atoms with Crippen molar-refractivity contribution in [2.24, 2.45) is 0 Å². The molecule has 59 heavy (non-hydrogen) atoms. The number of unbranched alkanes of at least 4 members (excludes halogenated alkanes) is 21. The molecule has 1 rings (SSSR count). The minimum absolute atomic E-state index is 0.193. The highest BCUT2D eigenvalue weighted by Crippen LogP contribution is 2.22. The van der Waals surface area contributed by atoms with Crippen molar-refractivity contribution >= 4 is 5.91 Å². The number of allylic oxidation sites excluding steroid dienone is 9. The number of carbonyl (C=O) groups excluding carboxylic acids is 1. The first-order chi connectivity index (χ1) is 28.8. The molecule has 1 aliphatic heterocycles.